The molecule has 0 fully saturated rings. The number of hydrogen-bond donors (Lipinski definition) is 1. The number of nitrogens with two attached hydrogens (primary N) is 1. The molecule has 1 aliphatic rings. The van der Waals surface area contributed by atoms with Crippen molar-refractivity contribution in [2.45, 2.75) is 19.0 Å². The van der Waals surface area contributed by atoms with Gasteiger partial charge in [-0.2, -0.15) is 0 Å². The first kappa shape index (κ1) is 12.9. The molecule has 0 bridgehead atoms. The predicted octanol–water partition coefficient (Wildman–Crippen LogP) is 2.27. The zero-order valence-corrected chi connectivity index (χ0v) is 11.3. The van der Waals surface area contributed by atoms with E-state index < -0.39 is 0 Å². The summed E-state index contributed by atoms with van der Waals surface area (Å²) in [6, 6.07) is 17.8. The Morgan fingerprint density at radius 3 is 2.35 bits per heavy atom. The Balaban J connectivity index is 1.89. The summed E-state index contributed by atoms with van der Waals surface area (Å²) in [6.07, 6.45) is 0.965. The summed E-state index contributed by atoms with van der Waals surface area (Å²) >= 11 is 0. The molecule has 1 heterocycles. The molecule has 2 aromatic rings. The normalized spacial score (nSPS) is 16.4. The Morgan fingerprint density at radius 2 is 1.65 bits per heavy atom. The molecule has 0 aromatic heterocycles. The quantitative estimate of drug-likeness (QED) is 0.926. The van der Waals surface area contributed by atoms with Gasteiger partial charge in [0.05, 0.1) is 0 Å². The van der Waals surface area contributed by atoms with Crippen LogP contribution in [0.2, 0.25) is 0 Å². The molecule has 3 heteroatoms. The molecule has 0 aliphatic carbocycles. The second-order valence-corrected chi connectivity index (χ2v) is 5.20. The maximum absolute atomic E-state index is 11.9. The highest BCUT2D eigenvalue weighted by Gasteiger charge is 2.28. The standard InChI is InChI=1S/C17H18N2O/c18-17(20)16(14-7-2-1-3-8-14)19-11-10-13-6-4-5-9-15(13)12-19/h1-9,16H,10-12H2,(H2,18,20). The summed E-state index contributed by atoms with van der Waals surface area (Å²) in [5.41, 5.74) is 9.28. The SMILES string of the molecule is NC(=O)C(c1ccccc1)N1CCc2ccccc2C1. The predicted molar refractivity (Wildman–Crippen MR) is 78.9 cm³/mol. The summed E-state index contributed by atoms with van der Waals surface area (Å²) < 4.78 is 0. The zero-order valence-electron chi connectivity index (χ0n) is 11.3. The van der Waals surface area contributed by atoms with Gasteiger partial charge in [-0.3, -0.25) is 9.69 Å². The molecule has 3 nitrogen and oxygen atoms in total. The first-order valence-corrected chi connectivity index (χ1v) is 6.91. The van der Waals surface area contributed by atoms with E-state index in [9.17, 15) is 4.79 Å². The van der Waals surface area contributed by atoms with Gasteiger partial charge < -0.3 is 5.73 Å². The lowest BCUT2D eigenvalue weighted by atomic mass is 9.96. The number of amides is 1. The Hall–Kier alpha value is -2.13. The highest BCUT2D eigenvalue weighted by Crippen LogP contribution is 2.27. The summed E-state index contributed by atoms with van der Waals surface area (Å²) in [5.74, 6) is -0.282. The van der Waals surface area contributed by atoms with Gasteiger partial charge in [-0.1, -0.05) is 54.6 Å². The van der Waals surface area contributed by atoms with Crippen LogP contribution in [0.15, 0.2) is 54.6 Å². The first-order chi connectivity index (χ1) is 9.75. The van der Waals surface area contributed by atoms with Gasteiger partial charge in [0, 0.05) is 13.1 Å². The van der Waals surface area contributed by atoms with E-state index in [4.69, 9.17) is 5.73 Å². The molecule has 0 radical (unpaired) electrons. The van der Waals surface area contributed by atoms with Gasteiger partial charge in [0.1, 0.15) is 6.04 Å². The smallest absolute Gasteiger partial charge is 0.239 e. The molecule has 0 saturated carbocycles. The van der Waals surface area contributed by atoms with Crippen molar-refractivity contribution in [3.8, 4) is 0 Å². The lowest BCUT2D eigenvalue weighted by Gasteiger charge is -2.34. The van der Waals surface area contributed by atoms with E-state index in [0.29, 0.717) is 0 Å². The molecule has 20 heavy (non-hydrogen) atoms. The second-order valence-electron chi connectivity index (χ2n) is 5.20. The minimum Gasteiger partial charge on any atom is -0.368 e. The van der Waals surface area contributed by atoms with Crippen LogP contribution < -0.4 is 5.73 Å². The van der Waals surface area contributed by atoms with Crippen LogP contribution in [0.5, 0.6) is 0 Å². The van der Waals surface area contributed by atoms with Gasteiger partial charge in [0.15, 0.2) is 0 Å². The van der Waals surface area contributed by atoms with Crippen LogP contribution in [0, 0.1) is 0 Å². The number of carbonyl (C=O) groups is 1. The molecule has 2 N–H and O–H groups in total. The number of benzene rings is 2. The van der Waals surface area contributed by atoms with Crippen LogP contribution in [0.3, 0.4) is 0 Å². The molecule has 1 unspecified atom stereocenters. The van der Waals surface area contributed by atoms with E-state index in [1.54, 1.807) is 0 Å². The average molecular weight is 266 g/mol. The average Bonchev–Trinajstić information content (AvgIpc) is 2.48. The minimum atomic E-state index is -0.343. The van der Waals surface area contributed by atoms with Crippen LogP contribution in [0.1, 0.15) is 22.7 Å². The van der Waals surface area contributed by atoms with Crippen molar-refractivity contribution in [1.29, 1.82) is 0 Å². The van der Waals surface area contributed by atoms with Crippen molar-refractivity contribution in [3.63, 3.8) is 0 Å². The molecule has 102 valence electrons. The summed E-state index contributed by atoms with van der Waals surface area (Å²) in [4.78, 5) is 14.1. The van der Waals surface area contributed by atoms with Crippen LogP contribution in [-0.2, 0) is 17.8 Å². The van der Waals surface area contributed by atoms with Gasteiger partial charge in [-0.15, -0.1) is 0 Å². The number of hydrogen-bond acceptors (Lipinski definition) is 2. The van der Waals surface area contributed by atoms with Crippen LogP contribution in [-0.4, -0.2) is 17.4 Å². The first-order valence-electron chi connectivity index (χ1n) is 6.91. The van der Waals surface area contributed by atoms with E-state index in [1.165, 1.54) is 11.1 Å². The number of nitrogens with zero attached hydrogens (tertiary/aromatic N) is 1. The summed E-state index contributed by atoms with van der Waals surface area (Å²) in [6.45, 7) is 1.64. The Bertz CT molecular complexity index is 609. The minimum absolute atomic E-state index is 0.282. The zero-order chi connectivity index (χ0) is 13.9. The van der Waals surface area contributed by atoms with Gasteiger partial charge in [-0.25, -0.2) is 0 Å². The van der Waals surface area contributed by atoms with Gasteiger partial charge in [-0.05, 0) is 23.1 Å². The monoisotopic (exact) mass is 266 g/mol. The maximum Gasteiger partial charge on any atom is 0.239 e. The van der Waals surface area contributed by atoms with E-state index in [1.807, 2.05) is 36.4 Å². The second kappa shape index (κ2) is 5.47. The molecule has 1 atom stereocenters. The van der Waals surface area contributed by atoms with Gasteiger partial charge in [0.2, 0.25) is 5.91 Å². The van der Waals surface area contributed by atoms with Crippen molar-refractivity contribution in [2.24, 2.45) is 5.73 Å². The van der Waals surface area contributed by atoms with Crippen LogP contribution in [0.25, 0.3) is 0 Å². The fraction of sp³-hybridized carbons (Fsp3) is 0.235. The van der Waals surface area contributed by atoms with Crippen molar-refractivity contribution in [1.82, 2.24) is 4.90 Å². The number of carbonyl (C=O) groups excluding carboxylic acids is 1. The Labute approximate surface area is 119 Å². The maximum atomic E-state index is 11.9. The van der Waals surface area contributed by atoms with Crippen LogP contribution in [0.4, 0.5) is 0 Å². The van der Waals surface area contributed by atoms with Crippen molar-refractivity contribution >= 4 is 5.91 Å². The largest absolute Gasteiger partial charge is 0.368 e. The molecular weight excluding hydrogens is 248 g/mol. The van der Waals surface area contributed by atoms with E-state index in [2.05, 4.69) is 23.1 Å². The third-order valence-electron chi connectivity index (χ3n) is 3.91. The molecule has 0 saturated heterocycles. The number of rotatable bonds is 3. The topological polar surface area (TPSA) is 46.3 Å². The fourth-order valence-corrected chi connectivity index (χ4v) is 2.93. The lowest BCUT2D eigenvalue weighted by molar-refractivity contribution is -0.123. The van der Waals surface area contributed by atoms with Gasteiger partial charge >= 0.3 is 0 Å². The van der Waals surface area contributed by atoms with Crippen molar-refractivity contribution < 1.29 is 4.79 Å². The number of fused-ring (bicyclic) bond motifs is 1. The highest BCUT2D eigenvalue weighted by molar-refractivity contribution is 5.81. The fourth-order valence-electron chi connectivity index (χ4n) is 2.93. The molecule has 1 aliphatic heterocycles. The molecule has 3 rings (SSSR count). The van der Waals surface area contributed by atoms with Gasteiger partial charge in [0.25, 0.3) is 0 Å². The Morgan fingerprint density at radius 1 is 1.00 bits per heavy atom. The molecule has 1 amide bonds. The Kier molecular flexibility index (Phi) is 3.52. The van der Waals surface area contributed by atoms with Crippen LogP contribution >= 0.6 is 0 Å². The van der Waals surface area contributed by atoms with E-state index >= 15 is 0 Å². The lowest BCUT2D eigenvalue weighted by Crippen LogP contribution is -2.40. The molecular formula is C17H18N2O. The van der Waals surface area contributed by atoms with Crippen molar-refractivity contribution in [2.75, 3.05) is 6.54 Å². The summed E-state index contributed by atoms with van der Waals surface area (Å²) in [5, 5.41) is 0. The highest BCUT2D eigenvalue weighted by atomic mass is 16.1. The number of primary amides is 1. The van der Waals surface area contributed by atoms with Crippen molar-refractivity contribution in [3.05, 3.63) is 71.3 Å². The van der Waals surface area contributed by atoms with E-state index in [-0.39, 0.29) is 11.9 Å². The molecule has 0 spiro atoms. The summed E-state index contributed by atoms with van der Waals surface area (Å²) in [7, 11) is 0. The molecule has 2 aromatic carbocycles. The third kappa shape index (κ3) is 2.45. The third-order valence-corrected chi connectivity index (χ3v) is 3.91. The van der Waals surface area contributed by atoms with E-state index in [0.717, 1.165) is 25.1 Å².